The molecule has 3 rings (SSSR count). The van der Waals surface area contributed by atoms with Gasteiger partial charge in [0.15, 0.2) is 11.5 Å². The van der Waals surface area contributed by atoms with Crippen molar-refractivity contribution < 1.29 is 14.3 Å². The average Bonchev–Trinajstić information content (AvgIpc) is 2.66. The summed E-state index contributed by atoms with van der Waals surface area (Å²) in [5.41, 5.74) is 2.00. The predicted molar refractivity (Wildman–Crippen MR) is 100 cm³/mol. The summed E-state index contributed by atoms with van der Waals surface area (Å²) >= 11 is 0. The van der Waals surface area contributed by atoms with E-state index in [1.807, 2.05) is 43.3 Å². The van der Waals surface area contributed by atoms with Crippen LogP contribution in [0.2, 0.25) is 0 Å². The fraction of sp³-hybridized carbons (Fsp3) is 0.190. The Balaban J connectivity index is 1.67. The van der Waals surface area contributed by atoms with E-state index in [4.69, 9.17) is 14.3 Å². The normalized spacial score (nSPS) is 11.0. The van der Waals surface area contributed by atoms with Crippen LogP contribution < -0.4 is 9.47 Å². The minimum absolute atomic E-state index is 0.423. The van der Waals surface area contributed by atoms with Gasteiger partial charge >= 0.3 is 0 Å². The lowest BCUT2D eigenvalue weighted by atomic mass is 10.1. The van der Waals surface area contributed by atoms with E-state index in [2.05, 4.69) is 29.4 Å². The molecule has 128 valence electrons. The number of rotatable bonds is 7. The third kappa shape index (κ3) is 4.10. The number of benzene rings is 3. The molecule has 0 radical (unpaired) electrons. The van der Waals surface area contributed by atoms with Crippen LogP contribution in [-0.4, -0.2) is 19.9 Å². The SMILES string of the molecule is CCOc1ccc(/C=N\OCc2cccc3ccccc23)cc1OC. The van der Waals surface area contributed by atoms with Crippen LogP contribution >= 0.6 is 0 Å². The van der Waals surface area contributed by atoms with Crippen LogP contribution in [0.3, 0.4) is 0 Å². The van der Waals surface area contributed by atoms with Gasteiger partial charge in [-0.2, -0.15) is 0 Å². The van der Waals surface area contributed by atoms with E-state index in [1.54, 1.807) is 13.3 Å². The number of oxime groups is 1. The van der Waals surface area contributed by atoms with Crippen molar-refractivity contribution in [3.63, 3.8) is 0 Å². The molecule has 3 aromatic rings. The second-order valence-electron chi connectivity index (χ2n) is 5.49. The summed E-state index contributed by atoms with van der Waals surface area (Å²) in [6.45, 7) is 2.96. The third-order valence-electron chi connectivity index (χ3n) is 3.86. The molecule has 0 saturated carbocycles. The minimum Gasteiger partial charge on any atom is -0.493 e. The van der Waals surface area contributed by atoms with E-state index in [1.165, 1.54) is 10.8 Å². The molecule has 4 heteroatoms. The Morgan fingerprint density at radius 1 is 0.960 bits per heavy atom. The standard InChI is InChI=1S/C21H21NO3/c1-3-24-20-12-11-16(13-21(20)23-2)14-22-25-15-18-9-6-8-17-7-4-5-10-19(17)18/h4-14H,3,15H2,1-2H3/b22-14-. The maximum absolute atomic E-state index is 5.51. The zero-order valence-electron chi connectivity index (χ0n) is 14.4. The Labute approximate surface area is 147 Å². The first-order valence-electron chi connectivity index (χ1n) is 8.24. The molecule has 0 aliphatic rings. The number of hydrogen-bond donors (Lipinski definition) is 0. The Morgan fingerprint density at radius 2 is 1.80 bits per heavy atom. The predicted octanol–water partition coefficient (Wildman–Crippen LogP) is 4.80. The van der Waals surface area contributed by atoms with Gasteiger partial charge in [-0.15, -0.1) is 0 Å². The molecule has 0 aliphatic carbocycles. The first-order valence-corrected chi connectivity index (χ1v) is 8.24. The van der Waals surface area contributed by atoms with Crippen LogP contribution in [0.25, 0.3) is 10.8 Å². The van der Waals surface area contributed by atoms with E-state index in [0.29, 0.717) is 19.0 Å². The van der Waals surface area contributed by atoms with Gasteiger partial charge in [0.2, 0.25) is 0 Å². The molecular formula is C21H21NO3. The van der Waals surface area contributed by atoms with Gasteiger partial charge in [0, 0.05) is 5.56 Å². The fourth-order valence-electron chi connectivity index (χ4n) is 2.66. The zero-order valence-corrected chi connectivity index (χ0v) is 14.4. The van der Waals surface area contributed by atoms with Crippen LogP contribution in [0.5, 0.6) is 11.5 Å². The number of fused-ring (bicyclic) bond motifs is 1. The van der Waals surface area contributed by atoms with Crippen molar-refractivity contribution in [3.8, 4) is 11.5 Å². The molecule has 25 heavy (non-hydrogen) atoms. The van der Waals surface area contributed by atoms with Crippen molar-refractivity contribution in [3.05, 3.63) is 71.8 Å². The van der Waals surface area contributed by atoms with Gasteiger partial charge in [-0.3, -0.25) is 0 Å². The lowest BCUT2D eigenvalue weighted by molar-refractivity contribution is 0.133. The Bertz CT molecular complexity index is 869. The van der Waals surface area contributed by atoms with Crippen molar-refractivity contribution in [2.24, 2.45) is 5.16 Å². The van der Waals surface area contributed by atoms with E-state index >= 15 is 0 Å². The maximum atomic E-state index is 5.51. The van der Waals surface area contributed by atoms with Crippen molar-refractivity contribution in [1.29, 1.82) is 0 Å². The number of methoxy groups -OCH3 is 1. The van der Waals surface area contributed by atoms with Crippen LogP contribution in [0.1, 0.15) is 18.1 Å². The first-order chi connectivity index (χ1) is 12.3. The quantitative estimate of drug-likeness (QED) is 0.460. The third-order valence-corrected chi connectivity index (χ3v) is 3.86. The fourth-order valence-corrected chi connectivity index (χ4v) is 2.66. The summed E-state index contributed by atoms with van der Waals surface area (Å²) in [6, 6.07) is 20.1. The van der Waals surface area contributed by atoms with Crippen molar-refractivity contribution in [1.82, 2.24) is 0 Å². The summed E-state index contributed by atoms with van der Waals surface area (Å²) in [7, 11) is 1.62. The minimum atomic E-state index is 0.423. The Hall–Kier alpha value is -3.01. The van der Waals surface area contributed by atoms with Gasteiger partial charge in [0.25, 0.3) is 0 Å². The van der Waals surface area contributed by atoms with Crippen LogP contribution in [0.4, 0.5) is 0 Å². The molecule has 0 aliphatic heterocycles. The molecule has 0 fully saturated rings. The highest BCUT2D eigenvalue weighted by molar-refractivity contribution is 5.85. The molecule has 0 heterocycles. The maximum Gasteiger partial charge on any atom is 0.161 e. The molecule has 0 aromatic heterocycles. The summed E-state index contributed by atoms with van der Waals surface area (Å²) in [5, 5.41) is 6.45. The molecular weight excluding hydrogens is 314 g/mol. The van der Waals surface area contributed by atoms with Gasteiger partial charge < -0.3 is 14.3 Å². The monoisotopic (exact) mass is 335 g/mol. The number of hydrogen-bond acceptors (Lipinski definition) is 4. The lowest BCUT2D eigenvalue weighted by Gasteiger charge is -2.09. The van der Waals surface area contributed by atoms with Gasteiger partial charge in [0.05, 0.1) is 19.9 Å². The molecule has 4 nitrogen and oxygen atoms in total. The molecule has 0 atom stereocenters. The molecule has 0 bridgehead atoms. The Morgan fingerprint density at radius 3 is 2.64 bits per heavy atom. The van der Waals surface area contributed by atoms with Gasteiger partial charge in [-0.25, -0.2) is 0 Å². The highest BCUT2D eigenvalue weighted by atomic mass is 16.6. The summed E-state index contributed by atoms with van der Waals surface area (Å²) in [4.78, 5) is 5.48. The number of nitrogens with zero attached hydrogens (tertiary/aromatic N) is 1. The van der Waals surface area contributed by atoms with E-state index in [9.17, 15) is 0 Å². The van der Waals surface area contributed by atoms with Crippen molar-refractivity contribution >= 4 is 17.0 Å². The second-order valence-corrected chi connectivity index (χ2v) is 5.49. The van der Waals surface area contributed by atoms with Gasteiger partial charge in [-0.05, 0) is 41.5 Å². The molecule has 0 saturated heterocycles. The smallest absolute Gasteiger partial charge is 0.161 e. The molecule has 3 aromatic carbocycles. The lowest BCUT2D eigenvalue weighted by Crippen LogP contribution is -1.96. The van der Waals surface area contributed by atoms with E-state index in [0.717, 1.165) is 16.9 Å². The van der Waals surface area contributed by atoms with Crippen molar-refractivity contribution in [2.75, 3.05) is 13.7 Å². The summed E-state index contributed by atoms with van der Waals surface area (Å²) in [5.74, 6) is 1.40. The van der Waals surface area contributed by atoms with E-state index in [-0.39, 0.29) is 0 Å². The summed E-state index contributed by atoms with van der Waals surface area (Å²) in [6.07, 6.45) is 1.67. The highest BCUT2D eigenvalue weighted by Gasteiger charge is 2.04. The zero-order chi connectivity index (χ0) is 17.5. The highest BCUT2D eigenvalue weighted by Crippen LogP contribution is 2.27. The molecule has 0 spiro atoms. The Kier molecular flexibility index (Phi) is 5.52. The first kappa shape index (κ1) is 16.8. The summed E-state index contributed by atoms with van der Waals surface area (Å²) < 4.78 is 10.8. The molecule has 0 N–H and O–H groups in total. The van der Waals surface area contributed by atoms with Crippen LogP contribution in [0, 0.1) is 0 Å². The van der Waals surface area contributed by atoms with Crippen LogP contribution in [-0.2, 0) is 11.4 Å². The molecule has 0 unspecified atom stereocenters. The molecule has 0 amide bonds. The second kappa shape index (κ2) is 8.20. The van der Waals surface area contributed by atoms with Crippen LogP contribution in [0.15, 0.2) is 65.8 Å². The number of ether oxygens (including phenoxy) is 2. The topological polar surface area (TPSA) is 40.0 Å². The van der Waals surface area contributed by atoms with E-state index < -0.39 is 0 Å². The average molecular weight is 335 g/mol. The van der Waals surface area contributed by atoms with Gasteiger partial charge in [0.1, 0.15) is 6.61 Å². The largest absolute Gasteiger partial charge is 0.493 e. The van der Waals surface area contributed by atoms with Gasteiger partial charge in [-0.1, -0.05) is 47.6 Å². The van der Waals surface area contributed by atoms with Crippen molar-refractivity contribution in [2.45, 2.75) is 13.5 Å².